The van der Waals surface area contributed by atoms with E-state index in [1.54, 1.807) is 0 Å². The van der Waals surface area contributed by atoms with E-state index in [1.807, 2.05) is 6.07 Å². The number of nitrogens with one attached hydrogen (secondary N) is 1. The van der Waals surface area contributed by atoms with Crippen LogP contribution in [0.3, 0.4) is 0 Å². The van der Waals surface area contributed by atoms with Crippen molar-refractivity contribution in [3.8, 4) is 11.5 Å². The van der Waals surface area contributed by atoms with Gasteiger partial charge in [-0.05, 0) is 37.0 Å². The SMILES string of the molecule is CC(C)CC(C)NCc1ccc2c(c1)OCCO2. The molecule has 0 amide bonds. The lowest BCUT2D eigenvalue weighted by atomic mass is 10.0. The van der Waals surface area contributed by atoms with Gasteiger partial charge in [-0.1, -0.05) is 19.9 Å². The summed E-state index contributed by atoms with van der Waals surface area (Å²) in [4.78, 5) is 0. The maximum Gasteiger partial charge on any atom is 0.161 e. The fourth-order valence-corrected chi connectivity index (χ4v) is 2.28. The highest BCUT2D eigenvalue weighted by molar-refractivity contribution is 5.43. The minimum absolute atomic E-state index is 0.540. The first kappa shape index (κ1) is 13.2. The van der Waals surface area contributed by atoms with Crippen molar-refractivity contribution in [3.63, 3.8) is 0 Å². The van der Waals surface area contributed by atoms with E-state index in [9.17, 15) is 0 Å². The fourth-order valence-electron chi connectivity index (χ4n) is 2.28. The second kappa shape index (κ2) is 6.10. The summed E-state index contributed by atoms with van der Waals surface area (Å²) in [6, 6.07) is 6.71. The molecule has 0 aliphatic carbocycles. The van der Waals surface area contributed by atoms with Gasteiger partial charge >= 0.3 is 0 Å². The van der Waals surface area contributed by atoms with Crippen LogP contribution in [0.25, 0.3) is 0 Å². The smallest absolute Gasteiger partial charge is 0.161 e. The molecule has 0 fully saturated rings. The zero-order valence-corrected chi connectivity index (χ0v) is 11.5. The van der Waals surface area contributed by atoms with E-state index in [1.165, 1.54) is 12.0 Å². The summed E-state index contributed by atoms with van der Waals surface area (Å²) in [7, 11) is 0. The Morgan fingerprint density at radius 3 is 2.56 bits per heavy atom. The molecule has 1 aliphatic rings. The van der Waals surface area contributed by atoms with Crippen molar-refractivity contribution < 1.29 is 9.47 Å². The minimum atomic E-state index is 0.540. The Balaban J connectivity index is 1.90. The van der Waals surface area contributed by atoms with E-state index in [4.69, 9.17) is 9.47 Å². The van der Waals surface area contributed by atoms with Gasteiger partial charge in [-0.15, -0.1) is 0 Å². The third-order valence-corrected chi connectivity index (χ3v) is 3.09. The third-order valence-electron chi connectivity index (χ3n) is 3.09. The molecule has 100 valence electrons. The summed E-state index contributed by atoms with van der Waals surface area (Å²) in [6.07, 6.45) is 1.20. The zero-order chi connectivity index (χ0) is 13.0. The lowest BCUT2D eigenvalue weighted by Gasteiger charge is -2.20. The summed E-state index contributed by atoms with van der Waals surface area (Å²) in [6.45, 7) is 8.91. The van der Waals surface area contributed by atoms with E-state index in [2.05, 4.69) is 38.2 Å². The fraction of sp³-hybridized carbons (Fsp3) is 0.600. The normalized spacial score (nSPS) is 15.8. The first-order valence-corrected chi connectivity index (χ1v) is 6.77. The molecule has 0 bridgehead atoms. The molecule has 0 saturated carbocycles. The van der Waals surface area contributed by atoms with Gasteiger partial charge in [0.25, 0.3) is 0 Å². The Bertz CT molecular complexity index is 390. The maximum absolute atomic E-state index is 5.58. The monoisotopic (exact) mass is 249 g/mol. The largest absolute Gasteiger partial charge is 0.486 e. The molecule has 1 heterocycles. The molecule has 3 nitrogen and oxygen atoms in total. The molecular weight excluding hydrogens is 226 g/mol. The predicted octanol–water partition coefficient (Wildman–Crippen LogP) is 2.98. The van der Waals surface area contributed by atoms with Crippen LogP contribution in [-0.4, -0.2) is 19.3 Å². The highest BCUT2D eigenvalue weighted by atomic mass is 16.6. The van der Waals surface area contributed by atoms with E-state index in [-0.39, 0.29) is 0 Å². The van der Waals surface area contributed by atoms with Crippen LogP contribution in [0.4, 0.5) is 0 Å². The number of hydrogen-bond acceptors (Lipinski definition) is 3. The van der Waals surface area contributed by atoms with Gasteiger partial charge in [0.2, 0.25) is 0 Å². The first-order valence-electron chi connectivity index (χ1n) is 6.77. The first-order chi connectivity index (χ1) is 8.65. The molecule has 3 heteroatoms. The summed E-state index contributed by atoms with van der Waals surface area (Å²) in [5.41, 5.74) is 1.25. The van der Waals surface area contributed by atoms with Gasteiger partial charge in [0, 0.05) is 12.6 Å². The Morgan fingerprint density at radius 2 is 1.83 bits per heavy atom. The second-order valence-corrected chi connectivity index (χ2v) is 5.39. The van der Waals surface area contributed by atoms with Gasteiger partial charge in [0.1, 0.15) is 13.2 Å². The summed E-state index contributed by atoms with van der Waals surface area (Å²) >= 11 is 0. The van der Waals surface area contributed by atoms with E-state index in [0.717, 1.165) is 24.0 Å². The average Bonchev–Trinajstić information content (AvgIpc) is 2.35. The van der Waals surface area contributed by atoms with Crippen LogP contribution in [0.2, 0.25) is 0 Å². The molecule has 1 aromatic carbocycles. The van der Waals surface area contributed by atoms with Crippen molar-refractivity contribution in [2.75, 3.05) is 13.2 Å². The molecule has 18 heavy (non-hydrogen) atoms. The van der Waals surface area contributed by atoms with Gasteiger partial charge in [0.15, 0.2) is 11.5 Å². The number of fused-ring (bicyclic) bond motifs is 1. The quantitative estimate of drug-likeness (QED) is 0.870. The van der Waals surface area contributed by atoms with Crippen molar-refractivity contribution in [1.29, 1.82) is 0 Å². The van der Waals surface area contributed by atoms with Crippen LogP contribution in [0.1, 0.15) is 32.8 Å². The van der Waals surface area contributed by atoms with Crippen LogP contribution >= 0.6 is 0 Å². The van der Waals surface area contributed by atoms with Crippen LogP contribution in [0.5, 0.6) is 11.5 Å². The van der Waals surface area contributed by atoms with Gasteiger partial charge in [-0.25, -0.2) is 0 Å². The number of hydrogen-bond donors (Lipinski definition) is 1. The Labute approximate surface area is 109 Å². The average molecular weight is 249 g/mol. The van der Waals surface area contributed by atoms with Gasteiger partial charge in [-0.3, -0.25) is 0 Å². The Morgan fingerprint density at radius 1 is 1.11 bits per heavy atom. The maximum atomic E-state index is 5.58. The molecule has 1 unspecified atom stereocenters. The minimum Gasteiger partial charge on any atom is -0.486 e. The molecule has 1 aromatic rings. The van der Waals surface area contributed by atoms with Crippen molar-refractivity contribution >= 4 is 0 Å². The molecule has 0 radical (unpaired) electrons. The highest BCUT2D eigenvalue weighted by Crippen LogP contribution is 2.30. The number of rotatable bonds is 5. The van der Waals surface area contributed by atoms with Crippen LogP contribution in [0, 0.1) is 5.92 Å². The third kappa shape index (κ3) is 3.64. The number of benzene rings is 1. The molecular formula is C15H23NO2. The van der Waals surface area contributed by atoms with Gasteiger partial charge in [0.05, 0.1) is 0 Å². The van der Waals surface area contributed by atoms with Crippen LogP contribution < -0.4 is 14.8 Å². The van der Waals surface area contributed by atoms with Crippen molar-refractivity contribution in [3.05, 3.63) is 23.8 Å². The van der Waals surface area contributed by atoms with Crippen molar-refractivity contribution in [2.45, 2.75) is 39.8 Å². The van der Waals surface area contributed by atoms with Gasteiger partial charge in [-0.2, -0.15) is 0 Å². The lowest BCUT2D eigenvalue weighted by Crippen LogP contribution is -2.27. The Hall–Kier alpha value is -1.22. The van der Waals surface area contributed by atoms with Crippen LogP contribution in [0.15, 0.2) is 18.2 Å². The van der Waals surface area contributed by atoms with Crippen molar-refractivity contribution in [2.24, 2.45) is 5.92 Å². The topological polar surface area (TPSA) is 30.5 Å². The van der Waals surface area contributed by atoms with Gasteiger partial charge < -0.3 is 14.8 Å². The van der Waals surface area contributed by atoms with E-state index < -0.39 is 0 Å². The number of ether oxygens (including phenoxy) is 2. The summed E-state index contributed by atoms with van der Waals surface area (Å²) in [5.74, 6) is 2.46. The second-order valence-electron chi connectivity index (χ2n) is 5.39. The standard InChI is InChI=1S/C15H23NO2/c1-11(2)8-12(3)16-10-13-4-5-14-15(9-13)18-7-6-17-14/h4-5,9,11-12,16H,6-8,10H2,1-3H3. The molecule has 0 aromatic heterocycles. The lowest BCUT2D eigenvalue weighted by molar-refractivity contribution is 0.171. The van der Waals surface area contributed by atoms with E-state index >= 15 is 0 Å². The van der Waals surface area contributed by atoms with Crippen molar-refractivity contribution in [1.82, 2.24) is 5.32 Å². The molecule has 2 rings (SSSR count). The molecule has 0 saturated heterocycles. The van der Waals surface area contributed by atoms with E-state index in [0.29, 0.717) is 19.3 Å². The zero-order valence-electron chi connectivity index (χ0n) is 11.5. The molecule has 0 spiro atoms. The molecule has 1 atom stereocenters. The highest BCUT2D eigenvalue weighted by Gasteiger charge is 2.12. The summed E-state index contributed by atoms with van der Waals surface area (Å²) < 4.78 is 11.1. The Kier molecular flexibility index (Phi) is 4.48. The predicted molar refractivity (Wildman–Crippen MR) is 73.2 cm³/mol. The summed E-state index contributed by atoms with van der Waals surface area (Å²) in [5, 5.41) is 3.54. The van der Waals surface area contributed by atoms with Crippen LogP contribution in [-0.2, 0) is 6.54 Å². The molecule has 1 N–H and O–H groups in total. The molecule has 1 aliphatic heterocycles.